The number of phenols is 1. The Bertz CT molecular complexity index is 690. The van der Waals surface area contributed by atoms with Crippen LogP contribution in [0.1, 0.15) is 10.4 Å². The molecular formula is C12H8ClN3O4. The first-order valence-electron chi connectivity index (χ1n) is 5.38. The van der Waals surface area contributed by atoms with Crippen LogP contribution in [0.5, 0.6) is 5.75 Å². The van der Waals surface area contributed by atoms with Crippen LogP contribution in [0.15, 0.2) is 36.5 Å². The van der Waals surface area contributed by atoms with Crippen LogP contribution in [0, 0.1) is 10.1 Å². The summed E-state index contributed by atoms with van der Waals surface area (Å²) in [6.07, 6.45) is 1.20. The predicted molar refractivity (Wildman–Crippen MR) is 72.0 cm³/mol. The zero-order valence-corrected chi connectivity index (χ0v) is 10.7. The fourth-order valence-electron chi connectivity index (χ4n) is 1.57. The Labute approximate surface area is 118 Å². The highest BCUT2D eigenvalue weighted by molar-refractivity contribution is 6.32. The van der Waals surface area contributed by atoms with E-state index in [9.17, 15) is 20.0 Å². The molecule has 0 atom stereocenters. The van der Waals surface area contributed by atoms with E-state index in [0.717, 1.165) is 0 Å². The lowest BCUT2D eigenvalue weighted by Gasteiger charge is -2.06. The summed E-state index contributed by atoms with van der Waals surface area (Å²) in [5, 5.41) is 22.3. The van der Waals surface area contributed by atoms with Crippen LogP contribution in [0.4, 0.5) is 11.4 Å². The van der Waals surface area contributed by atoms with Crippen molar-refractivity contribution in [2.24, 2.45) is 0 Å². The number of phenolic OH excluding ortho intramolecular Hbond substituents is 1. The van der Waals surface area contributed by atoms with Gasteiger partial charge in [0, 0.05) is 18.0 Å². The minimum atomic E-state index is -0.771. The first-order chi connectivity index (χ1) is 9.49. The lowest BCUT2D eigenvalue weighted by molar-refractivity contribution is -0.385. The molecule has 0 radical (unpaired) electrons. The summed E-state index contributed by atoms with van der Waals surface area (Å²) in [5.74, 6) is -0.753. The van der Waals surface area contributed by atoms with Crippen LogP contribution in [-0.2, 0) is 0 Å². The number of rotatable bonds is 3. The van der Waals surface area contributed by atoms with Gasteiger partial charge in [0.2, 0.25) is 5.15 Å². The second kappa shape index (κ2) is 5.54. The smallest absolute Gasteiger partial charge is 0.319 e. The molecule has 1 amide bonds. The monoisotopic (exact) mass is 293 g/mol. The second-order valence-corrected chi connectivity index (χ2v) is 4.12. The van der Waals surface area contributed by atoms with Crippen molar-refractivity contribution in [3.63, 3.8) is 0 Å². The highest BCUT2D eigenvalue weighted by atomic mass is 35.5. The van der Waals surface area contributed by atoms with Gasteiger partial charge < -0.3 is 10.4 Å². The average molecular weight is 294 g/mol. The van der Waals surface area contributed by atoms with Gasteiger partial charge in [-0.05, 0) is 18.2 Å². The van der Waals surface area contributed by atoms with E-state index in [1.54, 1.807) is 0 Å². The Hall–Kier alpha value is -2.67. The summed E-state index contributed by atoms with van der Waals surface area (Å²) >= 11 is 5.62. The zero-order chi connectivity index (χ0) is 14.7. The van der Waals surface area contributed by atoms with Crippen molar-refractivity contribution in [1.29, 1.82) is 0 Å². The number of hydrogen-bond donors (Lipinski definition) is 2. The van der Waals surface area contributed by atoms with Gasteiger partial charge in [-0.15, -0.1) is 0 Å². The number of hydrogen-bond acceptors (Lipinski definition) is 5. The highest BCUT2D eigenvalue weighted by Crippen LogP contribution is 2.27. The highest BCUT2D eigenvalue weighted by Gasteiger charge is 2.24. The van der Waals surface area contributed by atoms with Crippen molar-refractivity contribution in [2.45, 2.75) is 0 Å². The SMILES string of the molecule is O=C(Nc1cccc(O)c1)c1ccnc(Cl)c1[N+](=O)[O-]. The number of carbonyl (C=O) groups excluding carboxylic acids is 1. The molecule has 7 nitrogen and oxygen atoms in total. The Kier molecular flexibility index (Phi) is 3.81. The predicted octanol–water partition coefficient (Wildman–Crippen LogP) is 2.60. The molecule has 0 unspecified atom stereocenters. The standard InChI is InChI=1S/C12H8ClN3O4/c13-11-10(16(19)20)9(4-5-14-11)12(18)15-7-2-1-3-8(17)6-7/h1-6,17H,(H,15,18). The molecule has 0 saturated heterocycles. The van der Waals surface area contributed by atoms with Crippen LogP contribution in [-0.4, -0.2) is 20.9 Å². The normalized spacial score (nSPS) is 10.1. The number of aromatic hydroxyl groups is 1. The number of pyridine rings is 1. The topological polar surface area (TPSA) is 105 Å². The van der Waals surface area contributed by atoms with Crippen molar-refractivity contribution in [2.75, 3.05) is 5.32 Å². The van der Waals surface area contributed by atoms with Gasteiger partial charge >= 0.3 is 5.69 Å². The summed E-state index contributed by atoms with van der Waals surface area (Å²) < 4.78 is 0. The van der Waals surface area contributed by atoms with Gasteiger partial charge in [-0.2, -0.15) is 0 Å². The number of aromatic nitrogens is 1. The molecule has 2 aromatic rings. The summed E-state index contributed by atoms with van der Waals surface area (Å²) in [6, 6.07) is 7.00. The molecule has 102 valence electrons. The Balaban J connectivity index is 2.35. The van der Waals surface area contributed by atoms with Crippen molar-refractivity contribution < 1.29 is 14.8 Å². The quantitative estimate of drug-likeness (QED) is 0.514. The maximum Gasteiger partial charge on any atom is 0.319 e. The van der Waals surface area contributed by atoms with Gasteiger partial charge in [0.15, 0.2) is 0 Å². The second-order valence-electron chi connectivity index (χ2n) is 3.76. The third-order valence-corrected chi connectivity index (χ3v) is 2.69. The number of nitro groups is 1. The van der Waals surface area contributed by atoms with Gasteiger partial charge in [-0.3, -0.25) is 14.9 Å². The fraction of sp³-hybridized carbons (Fsp3) is 0. The number of halogens is 1. The lowest BCUT2D eigenvalue weighted by Crippen LogP contribution is -2.14. The van der Waals surface area contributed by atoms with E-state index in [-0.39, 0.29) is 16.5 Å². The molecule has 8 heteroatoms. The third kappa shape index (κ3) is 2.83. The molecular weight excluding hydrogens is 286 g/mol. The fourth-order valence-corrected chi connectivity index (χ4v) is 1.79. The molecule has 1 heterocycles. The van der Waals surface area contributed by atoms with E-state index >= 15 is 0 Å². The van der Waals surface area contributed by atoms with Crippen LogP contribution in [0.3, 0.4) is 0 Å². The molecule has 0 aliphatic rings. The summed E-state index contributed by atoms with van der Waals surface area (Å²) in [6.45, 7) is 0. The molecule has 1 aromatic heterocycles. The van der Waals surface area contributed by atoms with E-state index in [2.05, 4.69) is 10.3 Å². The average Bonchev–Trinajstić information content (AvgIpc) is 2.37. The molecule has 20 heavy (non-hydrogen) atoms. The van der Waals surface area contributed by atoms with Crippen molar-refractivity contribution in [1.82, 2.24) is 4.98 Å². The van der Waals surface area contributed by atoms with E-state index in [1.165, 1.54) is 36.5 Å². The van der Waals surface area contributed by atoms with Crippen LogP contribution in [0.2, 0.25) is 5.15 Å². The Morgan fingerprint density at radius 2 is 2.15 bits per heavy atom. The number of amides is 1. The van der Waals surface area contributed by atoms with Crippen LogP contribution < -0.4 is 5.32 Å². The molecule has 0 aliphatic carbocycles. The largest absolute Gasteiger partial charge is 0.508 e. The van der Waals surface area contributed by atoms with Gasteiger partial charge in [-0.1, -0.05) is 17.7 Å². The van der Waals surface area contributed by atoms with Gasteiger partial charge in [0.1, 0.15) is 11.3 Å². The van der Waals surface area contributed by atoms with Gasteiger partial charge in [0.05, 0.1) is 4.92 Å². The summed E-state index contributed by atoms with van der Waals surface area (Å²) in [5.41, 5.74) is -0.470. The molecule has 2 N–H and O–H groups in total. The third-order valence-electron chi connectivity index (χ3n) is 2.41. The van der Waals surface area contributed by atoms with Crippen molar-refractivity contribution in [3.05, 3.63) is 57.4 Å². The Morgan fingerprint density at radius 3 is 2.80 bits per heavy atom. The number of anilines is 1. The Morgan fingerprint density at radius 1 is 1.40 bits per heavy atom. The van der Waals surface area contributed by atoms with E-state index in [1.807, 2.05) is 0 Å². The summed E-state index contributed by atoms with van der Waals surface area (Å²) in [4.78, 5) is 25.7. The number of benzene rings is 1. The molecule has 0 aliphatic heterocycles. The van der Waals surface area contributed by atoms with Crippen molar-refractivity contribution in [3.8, 4) is 5.75 Å². The first-order valence-corrected chi connectivity index (χ1v) is 5.76. The van der Waals surface area contributed by atoms with Gasteiger partial charge in [0.25, 0.3) is 5.91 Å². The number of nitrogens with zero attached hydrogens (tertiary/aromatic N) is 2. The number of carbonyl (C=O) groups is 1. The first kappa shape index (κ1) is 13.8. The molecule has 0 fully saturated rings. The van der Waals surface area contributed by atoms with Gasteiger partial charge in [-0.25, -0.2) is 4.98 Å². The van der Waals surface area contributed by atoms with Crippen molar-refractivity contribution >= 4 is 28.9 Å². The van der Waals surface area contributed by atoms with E-state index in [0.29, 0.717) is 5.69 Å². The maximum absolute atomic E-state index is 12.0. The molecule has 0 spiro atoms. The minimum Gasteiger partial charge on any atom is -0.508 e. The maximum atomic E-state index is 12.0. The van der Waals surface area contributed by atoms with Crippen LogP contribution >= 0.6 is 11.6 Å². The van der Waals surface area contributed by atoms with E-state index < -0.39 is 16.5 Å². The molecule has 2 rings (SSSR count). The molecule has 0 bridgehead atoms. The van der Waals surface area contributed by atoms with Crippen LogP contribution in [0.25, 0.3) is 0 Å². The summed E-state index contributed by atoms with van der Waals surface area (Å²) in [7, 11) is 0. The molecule has 1 aromatic carbocycles. The molecule has 0 saturated carbocycles. The zero-order valence-electron chi connectivity index (χ0n) is 9.91. The number of nitrogens with one attached hydrogen (secondary N) is 1. The minimum absolute atomic E-state index is 0.0370. The van der Waals surface area contributed by atoms with E-state index in [4.69, 9.17) is 11.6 Å². The lowest BCUT2D eigenvalue weighted by atomic mass is 10.2.